The van der Waals surface area contributed by atoms with Crippen LogP contribution in [0.2, 0.25) is 0 Å². The number of hydrogen-bond donors (Lipinski definition) is 2. The molecule has 2 saturated carbocycles. The Balaban J connectivity index is 0.00000144. The lowest BCUT2D eigenvalue weighted by atomic mass is 9.89. The summed E-state index contributed by atoms with van der Waals surface area (Å²) >= 11 is 0. The maximum Gasteiger partial charge on any atom is 0.237 e. The van der Waals surface area contributed by atoms with Gasteiger partial charge in [0.25, 0.3) is 0 Å². The van der Waals surface area contributed by atoms with Gasteiger partial charge in [0.05, 0.1) is 6.04 Å². The molecule has 3 nitrogen and oxygen atoms in total. The van der Waals surface area contributed by atoms with Crippen LogP contribution in [-0.4, -0.2) is 18.5 Å². The smallest absolute Gasteiger partial charge is 0.237 e. The average Bonchev–Trinajstić information content (AvgIpc) is 2.86. The lowest BCUT2D eigenvalue weighted by Gasteiger charge is -2.23. The summed E-state index contributed by atoms with van der Waals surface area (Å²) in [5.41, 5.74) is 5.81. The van der Waals surface area contributed by atoms with Crippen molar-refractivity contribution >= 4 is 18.3 Å². The van der Waals surface area contributed by atoms with Crippen molar-refractivity contribution < 1.29 is 4.79 Å². The quantitative estimate of drug-likeness (QED) is 0.812. The normalized spacial score (nSPS) is 32.4. The maximum atomic E-state index is 11.7. The number of nitrogens with two attached hydrogens (primary N) is 1. The number of fused-ring (bicyclic) bond motifs is 2. The molecular formula is C13H25ClN2O. The van der Waals surface area contributed by atoms with Gasteiger partial charge in [0.2, 0.25) is 5.91 Å². The van der Waals surface area contributed by atoms with Crippen molar-refractivity contribution in [3.63, 3.8) is 0 Å². The predicted octanol–water partition coefficient (Wildman–Crippen LogP) is 1.94. The Morgan fingerprint density at radius 2 is 2.06 bits per heavy atom. The Morgan fingerprint density at radius 1 is 1.35 bits per heavy atom. The summed E-state index contributed by atoms with van der Waals surface area (Å²) in [4.78, 5) is 11.7. The van der Waals surface area contributed by atoms with Gasteiger partial charge in [0.1, 0.15) is 0 Å². The van der Waals surface area contributed by atoms with Crippen molar-refractivity contribution in [2.24, 2.45) is 29.4 Å². The molecule has 0 aliphatic heterocycles. The summed E-state index contributed by atoms with van der Waals surface area (Å²) in [5.74, 6) is 2.80. The monoisotopic (exact) mass is 260 g/mol. The minimum atomic E-state index is -0.349. The van der Waals surface area contributed by atoms with Crippen LogP contribution in [-0.2, 0) is 4.79 Å². The number of amides is 1. The Labute approximate surface area is 110 Å². The third-order valence-electron chi connectivity index (χ3n) is 4.44. The van der Waals surface area contributed by atoms with E-state index in [9.17, 15) is 4.79 Å². The second-order valence-corrected chi connectivity index (χ2v) is 5.95. The average molecular weight is 261 g/mol. The number of hydrogen-bond acceptors (Lipinski definition) is 2. The first-order valence-electron chi connectivity index (χ1n) is 6.61. The van der Waals surface area contributed by atoms with Gasteiger partial charge >= 0.3 is 0 Å². The van der Waals surface area contributed by atoms with E-state index in [-0.39, 0.29) is 30.3 Å². The van der Waals surface area contributed by atoms with E-state index < -0.39 is 0 Å². The molecule has 100 valence electrons. The van der Waals surface area contributed by atoms with Gasteiger partial charge in [-0.1, -0.05) is 20.3 Å². The third-order valence-corrected chi connectivity index (χ3v) is 4.44. The van der Waals surface area contributed by atoms with Crippen LogP contribution in [0.25, 0.3) is 0 Å². The Kier molecular flexibility index (Phi) is 5.26. The molecule has 0 saturated heterocycles. The Hall–Kier alpha value is -0.280. The zero-order valence-corrected chi connectivity index (χ0v) is 11.6. The first-order chi connectivity index (χ1) is 7.58. The molecule has 2 aliphatic carbocycles. The van der Waals surface area contributed by atoms with Crippen molar-refractivity contribution in [2.45, 2.75) is 45.6 Å². The highest BCUT2D eigenvalue weighted by Gasteiger charge is 2.39. The van der Waals surface area contributed by atoms with Gasteiger partial charge in [-0.3, -0.25) is 4.79 Å². The van der Waals surface area contributed by atoms with Crippen LogP contribution < -0.4 is 11.1 Å². The second kappa shape index (κ2) is 6.05. The summed E-state index contributed by atoms with van der Waals surface area (Å²) in [5, 5.41) is 3.03. The van der Waals surface area contributed by atoms with Crippen LogP contribution in [0.1, 0.15) is 39.5 Å². The van der Waals surface area contributed by atoms with Crippen LogP contribution in [0, 0.1) is 23.7 Å². The Morgan fingerprint density at radius 3 is 2.53 bits per heavy atom. The van der Waals surface area contributed by atoms with Crippen LogP contribution in [0.5, 0.6) is 0 Å². The Bertz CT molecular complexity index is 270. The van der Waals surface area contributed by atoms with Gasteiger partial charge in [-0.25, -0.2) is 0 Å². The van der Waals surface area contributed by atoms with Crippen molar-refractivity contribution in [3.05, 3.63) is 0 Å². The second-order valence-electron chi connectivity index (χ2n) is 5.95. The van der Waals surface area contributed by atoms with E-state index in [0.717, 1.165) is 24.3 Å². The molecule has 4 atom stereocenters. The molecule has 4 heteroatoms. The van der Waals surface area contributed by atoms with Gasteiger partial charge in [0, 0.05) is 6.54 Å². The fourth-order valence-corrected chi connectivity index (χ4v) is 3.28. The highest BCUT2D eigenvalue weighted by Crippen LogP contribution is 2.47. The largest absolute Gasteiger partial charge is 0.354 e. The first kappa shape index (κ1) is 14.8. The minimum Gasteiger partial charge on any atom is -0.354 e. The van der Waals surface area contributed by atoms with E-state index in [0.29, 0.717) is 0 Å². The van der Waals surface area contributed by atoms with Gasteiger partial charge in [0.15, 0.2) is 0 Å². The zero-order chi connectivity index (χ0) is 11.7. The van der Waals surface area contributed by atoms with E-state index in [1.54, 1.807) is 0 Å². The third kappa shape index (κ3) is 3.35. The van der Waals surface area contributed by atoms with Gasteiger partial charge in [-0.05, 0) is 42.9 Å². The van der Waals surface area contributed by atoms with E-state index in [2.05, 4.69) is 5.32 Å². The number of halogens is 1. The first-order valence-corrected chi connectivity index (χ1v) is 6.61. The predicted molar refractivity (Wildman–Crippen MR) is 72.0 cm³/mol. The van der Waals surface area contributed by atoms with Gasteiger partial charge < -0.3 is 11.1 Å². The molecule has 2 rings (SSSR count). The molecule has 0 radical (unpaired) electrons. The van der Waals surface area contributed by atoms with Crippen LogP contribution in [0.4, 0.5) is 0 Å². The molecule has 3 unspecified atom stereocenters. The summed E-state index contributed by atoms with van der Waals surface area (Å²) in [6, 6.07) is -0.349. The lowest BCUT2D eigenvalue weighted by molar-refractivity contribution is -0.123. The number of carbonyl (C=O) groups is 1. The van der Waals surface area contributed by atoms with Crippen molar-refractivity contribution in [1.82, 2.24) is 5.32 Å². The molecule has 0 aromatic carbocycles. The molecule has 2 bridgehead atoms. The van der Waals surface area contributed by atoms with E-state index >= 15 is 0 Å². The molecule has 3 N–H and O–H groups in total. The lowest BCUT2D eigenvalue weighted by Crippen LogP contribution is -2.45. The van der Waals surface area contributed by atoms with E-state index in [1.165, 1.54) is 25.7 Å². The van der Waals surface area contributed by atoms with Crippen molar-refractivity contribution in [3.8, 4) is 0 Å². The SMILES string of the molecule is CC(C)[C@H](N)C(=O)NCC1CC2CCC1C2.Cl. The molecule has 17 heavy (non-hydrogen) atoms. The highest BCUT2D eigenvalue weighted by molar-refractivity contribution is 5.85. The van der Waals surface area contributed by atoms with Crippen LogP contribution in [0.15, 0.2) is 0 Å². The van der Waals surface area contributed by atoms with Crippen LogP contribution >= 0.6 is 12.4 Å². The zero-order valence-electron chi connectivity index (χ0n) is 10.8. The van der Waals surface area contributed by atoms with E-state index in [4.69, 9.17) is 5.73 Å². The standard InChI is InChI=1S/C13H24N2O.ClH/c1-8(2)12(14)13(16)15-7-11-6-9-3-4-10(11)5-9;/h8-12H,3-7,14H2,1-2H3,(H,15,16);1H/t9?,10?,11?,12-;/m0./s1. The number of carbonyl (C=O) groups excluding carboxylic acids is 1. The van der Waals surface area contributed by atoms with E-state index in [1.807, 2.05) is 13.8 Å². The molecule has 2 aliphatic rings. The molecular weight excluding hydrogens is 236 g/mol. The molecule has 0 heterocycles. The molecule has 0 spiro atoms. The summed E-state index contributed by atoms with van der Waals surface area (Å²) in [7, 11) is 0. The van der Waals surface area contributed by atoms with Gasteiger partial charge in [-0.2, -0.15) is 0 Å². The summed E-state index contributed by atoms with van der Waals surface area (Å²) in [6.45, 7) is 4.82. The fraction of sp³-hybridized carbons (Fsp3) is 0.923. The summed E-state index contributed by atoms with van der Waals surface area (Å²) in [6.07, 6.45) is 5.51. The van der Waals surface area contributed by atoms with Crippen molar-refractivity contribution in [2.75, 3.05) is 6.54 Å². The fourth-order valence-electron chi connectivity index (χ4n) is 3.28. The topological polar surface area (TPSA) is 55.1 Å². The maximum absolute atomic E-state index is 11.7. The highest BCUT2D eigenvalue weighted by atomic mass is 35.5. The minimum absolute atomic E-state index is 0. The molecule has 1 amide bonds. The number of nitrogens with one attached hydrogen (secondary N) is 1. The molecule has 0 aromatic heterocycles. The molecule has 2 fully saturated rings. The summed E-state index contributed by atoms with van der Waals surface area (Å²) < 4.78 is 0. The number of rotatable bonds is 4. The molecule has 0 aromatic rings. The van der Waals surface area contributed by atoms with Gasteiger partial charge in [-0.15, -0.1) is 12.4 Å². The van der Waals surface area contributed by atoms with Crippen molar-refractivity contribution in [1.29, 1.82) is 0 Å². The van der Waals surface area contributed by atoms with Crippen LogP contribution in [0.3, 0.4) is 0 Å².